The first kappa shape index (κ1) is 18.3. The highest BCUT2D eigenvalue weighted by Gasteiger charge is 2.21. The van der Waals surface area contributed by atoms with Crippen LogP contribution < -0.4 is 4.74 Å². The van der Waals surface area contributed by atoms with E-state index in [-0.39, 0.29) is 18.3 Å². The Morgan fingerprint density at radius 1 is 1.23 bits per heavy atom. The number of aromatic nitrogens is 2. The van der Waals surface area contributed by atoms with E-state index in [4.69, 9.17) is 4.74 Å². The number of nitrogens with zero attached hydrogens (tertiary/aromatic N) is 3. The predicted molar refractivity (Wildman–Crippen MR) is 100 cm³/mol. The van der Waals surface area contributed by atoms with Crippen LogP contribution in [0.1, 0.15) is 26.8 Å². The summed E-state index contributed by atoms with van der Waals surface area (Å²) in [6.45, 7) is 6.25. The van der Waals surface area contributed by atoms with E-state index in [1.54, 1.807) is 30.1 Å². The minimum atomic E-state index is -0.411. The molecule has 0 N–H and O–H groups in total. The van der Waals surface area contributed by atoms with Gasteiger partial charge in [0.25, 0.3) is 5.91 Å². The number of aryl methyl sites for hydroxylation is 3. The highest BCUT2D eigenvalue weighted by atomic mass is 32.1. The third-order valence-corrected chi connectivity index (χ3v) is 5.32. The summed E-state index contributed by atoms with van der Waals surface area (Å²) < 4.78 is 19.0. The maximum absolute atomic E-state index is 13.6. The van der Waals surface area contributed by atoms with Crippen molar-refractivity contribution in [1.82, 2.24) is 14.9 Å². The lowest BCUT2D eigenvalue weighted by molar-refractivity contribution is 0.0777. The Hall–Kier alpha value is -2.54. The topological polar surface area (TPSA) is 55.3 Å². The average Bonchev–Trinajstić information content (AvgIpc) is 2.92. The Morgan fingerprint density at radius 3 is 2.69 bits per heavy atom. The minimum Gasteiger partial charge on any atom is -0.489 e. The highest BCUT2D eigenvalue weighted by molar-refractivity contribution is 7.20. The number of rotatable bonds is 5. The molecule has 0 unspecified atom stereocenters. The van der Waals surface area contributed by atoms with Gasteiger partial charge < -0.3 is 9.64 Å². The van der Waals surface area contributed by atoms with Crippen LogP contribution in [-0.2, 0) is 0 Å². The zero-order chi connectivity index (χ0) is 18.8. The van der Waals surface area contributed by atoms with Crippen LogP contribution in [0.5, 0.6) is 5.75 Å². The summed E-state index contributed by atoms with van der Waals surface area (Å²) in [5.74, 6) is 0.376. The van der Waals surface area contributed by atoms with Crippen molar-refractivity contribution >= 4 is 27.5 Å². The summed E-state index contributed by atoms with van der Waals surface area (Å²) in [5, 5.41) is 0.944. The molecule has 0 atom stereocenters. The van der Waals surface area contributed by atoms with Crippen LogP contribution in [-0.4, -0.2) is 41.0 Å². The van der Waals surface area contributed by atoms with Crippen LogP contribution in [0, 0.1) is 26.6 Å². The first-order valence-corrected chi connectivity index (χ1v) is 9.07. The van der Waals surface area contributed by atoms with Crippen molar-refractivity contribution in [3.8, 4) is 5.75 Å². The van der Waals surface area contributed by atoms with Gasteiger partial charge in [0.2, 0.25) is 0 Å². The molecule has 26 heavy (non-hydrogen) atoms. The van der Waals surface area contributed by atoms with Crippen molar-refractivity contribution in [2.45, 2.75) is 20.8 Å². The van der Waals surface area contributed by atoms with Crippen molar-refractivity contribution < 1.29 is 13.9 Å². The van der Waals surface area contributed by atoms with Crippen molar-refractivity contribution in [1.29, 1.82) is 0 Å². The molecule has 0 radical (unpaired) electrons. The third kappa shape index (κ3) is 3.53. The lowest BCUT2D eigenvalue weighted by Crippen LogP contribution is -2.30. The van der Waals surface area contributed by atoms with Gasteiger partial charge in [0.15, 0.2) is 11.6 Å². The quantitative estimate of drug-likeness (QED) is 0.680. The number of hydrogen-bond donors (Lipinski definition) is 0. The van der Waals surface area contributed by atoms with E-state index in [2.05, 4.69) is 9.97 Å². The number of fused-ring (bicyclic) bond motifs is 1. The first-order chi connectivity index (χ1) is 12.4. The van der Waals surface area contributed by atoms with E-state index in [0.29, 0.717) is 17.2 Å². The zero-order valence-corrected chi connectivity index (χ0v) is 16.0. The van der Waals surface area contributed by atoms with Gasteiger partial charge in [-0.2, -0.15) is 0 Å². The molecule has 0 spiro atoms. The molecule has 0 aliphatic rings. The number of carbonyl (C=O) groups excluding carboxylic acids is 1. The van der Waals surface area contributed by atoms with Crippen LogP contribution in [0.2, 0.25) is 0 Å². The first-order valence-electron chi connectivity index (χ1n) is 8.25. The Labute approximate surface area is 155 Å². The van der Waals surface area contributed by atoms with Crippen LogP contribution >= 0.6 is 11.3 Å². The molecule has 0 fully saturated rings. The molecule has 3 rings (SSSR count). The molecular weight excluding hydrogens is 353 g/mol. The number of para-hydroxylation sites is 1. The van der Waals surface area contributed by atoms with E-state index in [1.807, 2.05) is 20.8 Å². The minimum absolute atomic E-state index is 0.0975. The van der Waals surface area contributed by atoms with Gasteiger partial charge in [-0.3, -0.25) is 4.79 Å². The maximum Gasteiger partial charge on any atom is 0.264 e. The number of amides is 1. The Balaban J connectivity index is 1.72. The second-order valence-corrected chi connectivity index (χ2v) is 7.10. The number of halogens is 1. The Bertz CT molecular complexity index is 971. The van der Waals surface area contributed by atoms with Gasteiger partial charge >= 0.3 is 0 Å². The van der Waals surface area contributed by atoms with Crippen LogP contribution in [0.4, 0.5) is 4.39 Å². The molecule has 1 aromatic carbocycles. The van der Waals surface area contributed by atoms with Gasteiger partial charge in [-0.1, -0.05) is 12.1 Å². The fourth-order valence-electron chi connectivity index (χ4n) is 2.81. The molecule has 1 amide bonds. The van der Waals surface area contributed by atoms with E-state index in [1.165, 1.54) is 17.4 Å². The number of thiophene rings is 1. The van der Waals surface area contributed by atoms with Gasteiger partial charge in [0, 0.05) is 18.1 Å². The smallest absolute Gasteiger partial charge is 0.264 e. The fourth-order valence-corrected chi connectivity index (χ4v) is 4.08. The summed E-state index contributed by atoms with van der Waals surface area (Å²) in [4.78, 5) is 24.7. The number of ether oxygens (including phenoxy) is 1. The number of carbonyl (C=O) groups is 1. The molecule has 5 nitrogen and oxygen atoms in total. The van der Waals surface area contributed by atoms with E-state index in [9.17, 15) is 9.18 Å². The molecule has 0 aliphatic heterocycles. The summed E-state index contributed by atoms with van der Waals surface area (Å²) in [6, 6.07) is 6.22. The second kappa shape index (κ2) is 7.37. The summed E-state index contributed by atoms with van der Waals surface area (Å²) in [6.07, 6.45) is 0. The second-order valence-electron chi connectivity index (χ2n) is 6.10. The number of likely N-dealkylation sites (N-methyl/N-ethyl adjacent to an activating group) is 1. The van der Waals surface area contributed by atoms with Crippen LogP contribution in [0.15, 0.2) is 24.3 Å². The van der Waals surface area contributed by atoms with Crippen molar-refractivity contribution in [3.63, 3.8) is 0 Å². The standard InChI is InChI=1S/C19H20FN3O2S/c1-11-16-12(2)21-13(3)22-18(16)26-17(11)19(24)23(4)9-10-25-15-8-6-5-7-14(15)20/h5-8H,9-10H2,1-4H3. The van der Waals surface area contributed by atoms with Crippen LogP contribution in [0.25, 0.3) is 10.2 Å². The van der Waals surface area contributed by atoms with Crippen LogP contribution in [0.3, 0.4) is 0 Å². The molecule has 0 aliphatic carbocycles. The lowest BCUT2D eigenvalue weighted by atomic mass is 10.1. The Kier molecular flexibility index (Phi) is 5.18. The molecule has 2 heterocycles. The fraction of sp³-hybridized carbons (Fsp3) is 0.316. The highest BCUT2D eigenvalue weighted by Crippen LogP contribution is 2.31. The summed E-state index contributed by atoms with van der Waals surface area (Å²) in [7, 11) is 1.71. The van der Waals surface area contributed by atoms with Gasteiger partial charge in [0.05, 0.1) is 11.4 Å². The molecule has 0 saturated heterocycles. The maximum atomic E-state index is 13.6. The molecule has 0 bridgehead atoms. The third-order valence-electron chi connectivity index (χ3n) is 4.14. The van der Waals surface area contributed by atoms with Gasteiger partial charge in [-0.15, -0.1) is 11.3 Å². The van der Waals surface area contributed by atoms with E-state index < -0.39 is 5.82 Å². The van der Waals surface area contributed by atoms with Crippen molar-refractivity contribution in [3.05, 3.63) is 52.0 Å². The number of hydrogen-bond acceptors (Lipinski definition) is 5. The summed E-state index contributed by atoms with van der Waals surface area (Å²) in [5.41, 5.74) is 1.78. The van der Waals surface area contributed by atoms with Gasteiger partial charge in [-0.05, 0) is 38.5 Å². The largest absolute Gasteiger partial charge is 0.489 e. The molecule has 2 aromatic heterocycles. The molecule has 3 aromatic rings. The molecule has 0 saturated carbocycles. The zero-order valence-electron chi connectivity index (χ0n) is 15.2. The Morgan fingerprint density at radius 2 is 1.96 bits per heavy atom. The summed E-state index contributed by atoms with van der Waals surface area (Å²) >= 11 is 1.38. The molecular formula is C19H20FN3O2S. The average molecular weight is 373 g/mol. The van der Waals surface area contributed by atoms with E-state index >= 15 is 0 Å². The van der Waals surface area contributed by atoms with Gasteiger partial charge in [0.1, 0.15) is 17.3 Å². The predicted octanol–water partition coefficient (Wildman–Crippen LogP) is 3.91. The van der Waals surface area contributed by atoms with Crippen molar-refractivity contribution in [2.24, 2.45) is 0 Å². The van der Waals surface area contributed by atoms with E-state index in [0.717, 1.165) is 21.5 Å². The number of benzene rings is 1. The normalized spacial score (nSPS) is 11.0. The van der Waals surface area contributed by atoms with Gasteiger partial charge in [-0.25, -0.2) is 14.4 Å². The van der Waals surface area contributed by atoms with Crippen molar-refractivity contribution in [2.75, 3.05) is 20.2 Å². The molecule has 7 heteroatoms. The molecule has 136 valence electrons. The SMILES string of the molecule is Cc1nc(C)c2c(C)c(C(=O)N(C)CCOc3ccccc3F)sc2n1. The monoisotopic (exact) mass is 373 g/mol. The lowest BCUT2D eigenvalue weighted by Gasteiger charge is -2.17.